The van der Waals surface area contributed by atoms with Crippen LogP contribution < -0.4 is 5.32 Å². The molecule has 1 aromatic carbocycles. The van der Waals surface area contributed by atoms with Gasteiger partial charge in [0.1, 0.15) is 17.3 Å². The van der Waals surface area contributed by atoms with Crippen LogP contribution in [0.5, 0.6) is 0 Å². The molecule has 0 saturated carbocycles. The van der Waals surface area contributed by atoms with Gasteiger partial charge >= 0.3 is 18.1 Å². The van der Waals surface area contributed by atoms with Crippen molar-refractivity contribution >= 4 is 28.7 Å². The molecule has 0 aliphatic carbocycles. The van der Waals surface area contributed by atoms with E-state index in [9.17, 15) is 27.6 Å². The van der Waals surface area contributed by atoms with Crippen molar-refractivity contribution in [3.05, 3.63) is 35.5 Å². The second-order valence-corrected chi connectivity index (χ2v) is 8.50. The molecule has 0 bridgehead atoms. The predicted molar refractivity (Wildman–Crippen MR) is 111 cm³/mol. The molecule has 0 saturated heterocycles. The van der Waals surface area contributed by atoms with Gasteiger partial charge in [-0.05, 0) is 32.4 Å². The maximum absolute atomic E-state index is 13.6. The smallest absolute Gasteiger partial charge is 0.431 e. The number of esters is 2. The molecule has 0 aliphatic rings. The summed E-state index contributed by atoms with van der Waals surface area (Å²) < 4.78 is 50.7. The Morgan fingerprint density at radius 3 is 2.31 bits per heavy atom. The van der Waals surface area contributed by atoms with Crippen molar-refractivity contribution in [2.45, 2.75) is 58.4 Å². The van der Waals surface area contributed by atoms with Crippen molar-refractivity contribution in [1.82, 2.24) is 10.3 Å². The van der Waals surface area contributed by atoms with Crippen LogP contribution in [0.3, 0.4) is 0 Å². The average Bonchev–Trinajstić information content (AvgIpc) is 3.04. The van der Waals surface area contributed by atoms with Crippen molar-refractivity contribution in [1.29, 1.82) is 0 Å². The second kappa shape index (κ2) is 9.62. The molecular formula is C22H27F3N2O5. The van der Waals surface area contributed by atoms with Crippen molar-refractivity contribution in [2.75, 3.05) is 7.11 Å². The number of carbonyl (C=O) groups excluding carboxylic acids is 3. The van der Waals surface area contributed by atoms with Crippen molar-refractivity contribution in [3.63, 3.8) is 0 Å². The average molecular weight is 456 g/mol. The van der Waals surface area contributed by atoms with E-state index in [2.05, 4.69) is 15.0 Å². The van der Waals surface area contributed by atoms with Gasteiger partial charge in [-0.25, -0.2) is 4.79 Å². The number of ether oxygens (including phenoxy) is 2. The number of aromatic nitrogens is 1. The third-order valence-electron chi connectivity index (χ3n) is 4.65. The number of aromatic amines is 1. The minimum absolute atomic E-state index is 0.163. The number of hydrogen-bond acceptors (Lipinski definition) is 5. The van der Waals surface area contributed by atoms with Crippen LogP contribution in [-0.2, 0) is 36.5 Å². The predicted octanol–water partition coefficient (Wildman–Crippen LogP) is 3.75. The Morgan fingerprint density at radius 2 is 1.75 bits per heavy atom. The van der Waals surface area contributed by atoms with Gasteiger partial charge in [0.05, 0.1) is 13.5 Å². The van der Waals surface area contributed by atoms with E-state index in [1.165, 1.54) is 19.1 Å². The fraction of sp³-hybridized carbons (Fsp3) is 0.500. The largest absolute Gasteiger partial charge is 0.467 e. The molecule has 1 aromatic heterocycles. The van der Waals surface area contributed by atoms with Gasteiger partial charge in [-0.1, -0.05) is 25.1 Å². The van der Waals surface area contributed by atoms with Crippen LogP contribution in [0.2, 0.25) is 0 Å². The van der Waals surface area contributed by atoms with Gasteiger partial charge in [0.2, 0.25) is 5.91 Å². The van der Waals surface area contributed by atoms with E-state index in [4.69, 9.17) is 4.74 Å². The lowest BCUT2D eigenvalue weighted by Gasteiger charge is -2.22. The van der Waals surface area contributed by atoms with Crippen molar-refractivity contribution < 1.29 is 37.0 Å². The number of H-pyrrole nitrogens is 1. The van der Waals surface area contributed by atoms with Crippen LogP contribution in [0.15, 0.2) is 24.3 Å². The number of benzene rings is 1. The lowest BCUT2D eigenvalue weighted by molar-refractivity contribution is -0.157. The summed E-state index contributed by atoms with van der Waals surface area (Å²) in [4.78, 5) is 39.2. The van der Waals surface area contributed by atoms with E-state index in [0.29, 0.717) is 0 Å². The highest BCUT2D eigenvalue weighted by atomic mass is 19.4. The van der Waals surface area contributed by atoms with Crippen LogP contribution in [-0.4, -0.2) is 41.6 Å². The highest BCUT2D eigenvalue weighted by Crippen LogP contribution is 2.36. The van der Waals surface area contributed by atoms with Crippen LogP contribution >= 0.6 is 0 Å². The maximum Gasteiger partial charge on any atom is 0.431 e. The van der Waals surface area contributed by atoms with E-state index in [1.54, 1.807) is 32.9 Å². The summed E-state index contributed by atoms with van der Waals surface area (Å²) in [7, 11) is 1.07. The Kier molecular flexibility index (Phi) is 7.58. The van der Waals surface area contributed by atoms with Crippen LogP contribution in [0.25, 0.3) is 10.9 Å². The molecule has 2 aromatic rings. The van der Waals surface area contributed by atoms with Crippen LogP contribution in [0, 0.1) is 5.92 Å². The minimum atomic E-state index is -4.69. The lowest BCUT2D eigenvalue weighted by Crippen LogP contribution is -2.45. The van der Waals surface area contributed by atoms with Gasteiger partial charge in [-0.15, -0.1) is 0 Å². The molecule has 1 amide bonds. The summed E-state index contributed by atoms with van der Waals surface area (Å²) in [6.45, 7) is 6.51. The summed E-state index contributed by atoms with van der Waals surface area (Å²) in [5, 5.41) is 2.70. The number of alkyl halides is 3. The summed E-state index contributed by atoms with van der Waals surface area (Å²) in [5.41, 5.74) is -1.64. The third-order valence-corrected chi connectivity index (χ3v) is 4.65. The summed E-state index contributed by atoms with van der Waals surface area (Å²) in [6.07, 6.45) is -5.39. The fourth-order valence-electron chi connectivity index (χ4n) is 3.23. The first-order chi connectivity index (χ1) is 14.7. The minimum Gasteiger partial charge on any atom is -0.467 e. The van der Waals surface area contributed by atoms with E-state index < -0.39 is 53.7 Å². The number of halogens is 3. The quantitative estimate of drug-likeness (QED) is 0.619. The first-order valence-electron chi connectivity index (χ1n) is 9.99. The molecule has 2 N–H and O–H groups in total. The third kappa shape index (κ3) is 6.48. The maximum atomic E-state index is 13.6. The van der Waals surface area contributed by atoms with E-state index in [0.717, 1.165) is 7.11 Å². The standard InChI is InChI=1S/C22H27F3N2O5/c1-12(10-17(28)32-21(2,3)4)19(29)27-16(20(30)31-5)11-14-13-8-6-7-9-15(13)26-18(14)22(23,24)25/h6-9,12,16,26H,10-11H2,1-5H3,(H,27,29)/t12-,16+/m1/s1. The number of methoxy groups -OCH3 is 1. The number of hydrogen-bond donors (Lipinski definition) is 2. The molecule has 0 spiro atoms. The monoisotopic (exact) mass is 456 g/mol. The number of para-hydroxylation sites is 1. The molecule has 32 heavy (non-hydrogen) atoms. The first-order valence-corrected chi connectivity index (χ1v) is 9.99. The van der Waals surface area contributed by atoms with Gasteiger partial charge < -0.3 is 19.8 Å². The molecule has 0 fully saturated rings. The highest BCUT2D eigenvalue weighted by Gasteiger charge is 2.38. The zero-order chi connectivity index (χ0) is 24.3. The zero-order valence-corrected chi connectivity index (χ0v) is 18.6. The Bertz CT molecular complexity index is 992. The Morgan fingerprint density at radius 1 is 1.12 bits per heavy atom. The van der Waals surface area contributed by atoms with Gasteiger partial charge in [-0.2, -0.15) is 13.2 Å². The molecular weight excluding hydrogens is 429 g/mol. The Labute approximate surface area is 183 Å². The Hall–Kier alpha value is -3.04. The summed E-state index contributed by atoms with van der Waals surface area (Å²) in [5.74, 6) is -3.06. The number of fused-ring (bicyclic) bond motifs is 1. The summed E-state index contributed by atoms with van der Waals surface area (Å²) >= 11 is 0. The normalized spacial score (nSPS) is 14.0. The highest BCUT2D eigenvalue weighted by molar-refractivity contribution is 5.90. The molecule has 2 rings (SSSR count). The zero-order valence-electron chi connectivity index (χ0n) is 18.6. The molecule has 176 valence electrons. The number of carbonyl (C=O) groups is 3. The fourth-order valence-corrected chi connectivity index (χ4v) is 3.23. The van der Waals surface area contributed by atoms with Gasteiger partial charge in [0.15, 0.2) is 0 Å². The number of nitrogens with one attached hydrogen (secondary N) is 2. The number of amides is 1. The van der Waals surface area contributed by atoms with E-state index >= 15 is 0 Å². The van der Waals surface area contributed by atoms with E-state index in [1.807, 2.05) is 0 Å². The first kappa shape index (κ1) is 25.2. The van der Waals surface area contributed by atoms with Gasteiger partial charge in [-0.3, -0.25) is 9.59 Å². The number of rotatable bonds is 7. The SMILES string of the molecule is COC(=O)[C@H](Cc1c(C(F)(F)F)[nH]c2ccccc12)NC(=O)[C@H](C)CC(=O)OC(C)(C)C. The Balaban J connectivity index is 2.26. The van der Waals surface area contributed by atoms with Gasteiger partial charge in [0.25, 0.3) is 0 Å². The molecule has 10 heteroatoms. The molecule has 0 radical (unpaired) electrons. The van der Waals surface area contributed by atoms with Crippen LogP contribution in [0.4, 0.5) is 13.2 Å². The molecule has 0 aliphatic heterocycles. The van der Waals surface area contributed by atoms with Crippen molar-refractivity contribution in [3.8, 4) is 0 Å². The van der Waals surface area contributed by atoms with Crippen LogP contribution in [0.1, 0.15) is 45.4 Å². The molecule has 2 atom stereocenters. The molecule has 1 heterocycles. The summed E-state index contributed by atoms with van der Waals surface area (Å²) in [6, 6.07) is 4.77. The lowest BCUT2D eigenvalue weighted by atomic mass is 10.0. The van der Waals surface area contributed by atoms with E-state index in [-0.39, 0.29) is 22.9 Å². The second-order valence-electron chi connectivity index (χ2n) is 8.50. The molecule has 0 unspecified atom stereocenters. The topological polar surface area (TPSA) is 97.5 Å². The molecule has 7 nitrogen and oxygen atoms in total. The van der Waals surface area contributed by atoms with Gasteiger partial charge in [0, 0.05) is 23.2 Å². The van der Waals surface area contributed by atoms with Crippen molar-refractivity contribution in [2.24, 2.45) is 5.92 Å².